The van der Waals surface area contributed by atoms with E-state index in [-0.39, 0.29) is 18.5 Å². The van der Waals surface area contributed by atoms with E-state index in [1.807, 2.05) is 29.2 Å². The van der Waals surface area contributed by atoms with Crippen LogP contribution >= 0.6 is 0 Å². The summed E-state index contributed by atoms with van der Waals surface area (Å²) in [5, 5.41) is 12.1. The maximum atomic E-state index is 12.9. The Morgan fingerprint density at radius 3 is 2.38 bits per heavy atom. The number of nitrogens with one attached hydrogen (secondary N) is 1. The molecule has 1 aromatic carbocycles. The molecule has 2 aliphatic rings. The first-order chi connectivity index (χ1) is 16.3. The summed E-state index contributed by atoms with van der Waals surface area (Å²) in [7, 11) is 0. The lowest BCUT2D eigenvalue weighted by Gasteiger charge is -2.47. The number of benzene rings is 1. The van der Waals surface area contributed by atoms with Crippen molar-refractivity contribution in [2.75, 3.05) is 23.3 Å². The molecule has 0 aromatic heterocycles. The molecule has 0 spiro atoms. The highest BCUT2D eigenvalue weighted by Crippen LogP contribution is 2.42. The predicted molar refractivity (Wildman–Crippen MR) is 139 cm³/mol. The lowest BCUT2D eigenvalue weighted by atomic mass is 9.70. The van der Waals surface area contributed by atoms with Crippen LogP contribution in [0, 0.1) is 11.8 Å². The number of hydrogen-bond acceptors (Lipinski definition) is 4. The van der Waals surface area contributed by atoms with Crippen LogP contribution in [0.15, 0.2) is 24.3 Å². The highest BCUT2D eigenvalue weighted by Gasteiger charge is 2.37. The molecular weight excluding hydrogens is 426 g/mol. The van der Waals surface area contributed by atoms with Crippen molar-refractivity contribution in [3.05, 3.63) is 24.3 Å². The molecule has 0 aliphatic heterocycles. The molecule has 3 rings (SSSR count). The average molecular weight is 472 g/mol. The molecule has 0 saturated heterocycles. The lowest BCUT2D eigenvalue weighted by Crippen LogP contribution is -2.50. The maximum absolute atomic E-state index is 12.9. The van der Waals surface area contributed by atoms with Crippen molar-refractivity contribution >= 4 is 23.3 Å². The van der Waals surface area contributed by atoms with E-state index < -0.39 is 5.97 Å². The van der Waals surface area contributed by atoms with Crippen LogP contribution in [-0.2, 0) is 9.59 Å². The third-order valence-corrected chi connectivity index (χ3v) is 8.01. The normalized spacial score (nSPS) is 23.9. The number of carbonyl (C=O) groups excluding carboxylic acids is 1. The van der Waals surface area contributed by atoms with E-state index in [4.69, 9.17) is 5.11 Å². The van der Waals surface area contributed by atoms with Crippen LogP contribution in [-0.4, -0.2) is 53.1 Å². The van der Waals surface area contributed by atoms with Gasteiger partial charge in [-0.3, -0.25) is 14.5 Å². The summed E-state index contributed by atoms with van der Waals surface area (Å²) < 4.78 is 0. The van der Waals surface area contributed by atoms with E-state index in [2.05, 4.69) is 31.0 Å². The van der Waals surface area contributed by atoms with Gasteiger partial charge in [0, 0.05) is 25.0 Å². The van der Waals surface area contributed by atoms with E-state index in [9.17, 15) is 9.59 Å². The van der Waals surface area contributed by atoms with Crippen molar-refractivity contribution in [3.8, 4) is 0 Å². The first kappa shape index (κ1) is 26.5. The summed E-state index contributed by atoms with van der Waals surface area (Å²) in [4.78, 5) is 28.6. The summed E-state index contributed by atoms with van der Waals surface area (Å²) in [6, 6.07) is 8.66. The van der Waals surface area contributed by atoms with Crippen molar-refractivity contribution in [2.45, 2.75) is 104 Å². The molecule has 2 bridgehead atoms. The number of carbonyl (C=O) groups is 2. The van der Waals surface area contributed by atoms with Crippen molar-refractivity contribution < 1.29 is 14.7 Å². The minimum Gasteiger partial charge on any atom is -0.480 e. The van der Waals surface area contributed by atoms with Crippen molar-refractivity contribution in [1.82, 2.24) is 4.90 Å². The number of para-hydroxylation sites is 2. The molecular formula is C28H45N3O3. The number of carboxylic acids is 1. The van der Waals surface area contributed by atoms with Crippen LogP contribution < -0.4 is 10.2 Å². The lowest BCUT2D eigenvalue weighted by molar-refractivity contribution is -0.134. The fourth-order valence-corrected chi connectivity index (χ4v) is 6.75. The molecule has 2 N–H and O–H groups in total. The second-order valence-corrected chi connectivity index (χ2v) is 10.5. The minimum atomic E-state index is -0.920. The third-order valence-electron chi connectivity index (χ3n) is 8.01. The number of amides is 1. The standard InChI is InChI=1S/C28H45N3O3/c1-5-10-24(30(6-2)25-17-22-11-9-12-23(16-22)18-25)15-20(3)31(21(4)32)27-14-8-7-13-26(27)29-19-28(33)34/h7-8,13-14,20,22-25,29H,5-6,9-12,15-19H2,1-4H3,(H,33,34)/t20-,22-,23+,24-,25?/m1/s1. The molecule has 2 aliphatic carbocycles. The van der Waals surface area contributed by atoms with Gasteiger partial charge in [0.15, 0.2) is 0 Å². The van der Waals surface area contributed by atoms with E-state index in [0.717, 1.165) is 43.3 Å². The van der Waals surface area contributed by atoms with Gasteiger partial charge in [0.05, 0.1) is 11.4 Å². The van der Waals surface area contributed by atoms with Gasteiger partial charge in [-0.25, -0.2) is 0 Å². The number of hydrogen-bond donors (Lipinski definition) is 2. The van der Waals surface area contributed by atoms with Crippen LogP contribution in [0.2, 0.25) is 0 Å². The molecule has 1 unspecified atom stereocenters. The molecule has 6 nitrogen and oxygen atoms in total. The van der Waals surface area contributed by atoms with Crippen LogP contribution in [0.4, 0.5) is 11.4 Å². The summed E-state index contributed by atoms with van der Waals surface area (Å²) in [6.45, 7) is 9.18. The second kappa shape index (κ2) is 12.6. The average Bonchev–Trinajstić information content (AvgIpc) is 2.78. The molecule has 1 amide bonds. The van der Waals surface area contributed by atoms with E-state index in [0.29, 0.717) is 17.8 Å². The van der Waals surface area contributed by atoms with Gasteiger partial charge >= 0.3 is 5.97 Å². The smallest absolute Gasteiger partial charge is 0.322 e. The van der Waals surface area contributed by atoms with Gasteiger partial charge in [0.1, 0.15) is 6.54 Å². The Balaban J connectivity index is 1.79. The Bertz CT molecular complexity index is 802. The number of anilines is 2. The Hall–Kier alpha value is -2.08. The summed E-state index contributed by atoms with van der Waals surface area (Å²) >= 11 is 0. The maximum Gasteiger partial charge on any atom is 0.322 e. The van der Waals surface area contributed by atoms with Crippen LogP contribution in [0.25, 0.3) is 0 Å². The molecule has 6 heteroatoms. The highest BCUT2D eigenvalue weighted by molar-refractivity contribution is 5.96. The first-order valence-electron chi connectivity index (χ1n) is 13.4. The summed E-state index contributed by atoms with van der Waals surface area (Å²) in [5.74, 6) is 0.859. The quantitative estimate of drug-likeness (QED) is 0.405. The van der Waals surface area contributed by atoms with Crippen LogP contribution in [0.1, 0.15) is 85.5 Å². The van der Waals surface area contributed by atoms with Crippen LogP contribution in [0.3, 0.4) is 0 Å². The van der Waals surface area contributed by atoms with Gasteiger partial charge in [-0.2, -0.15) is 0 Å². The zero-order valence-electron chi connectivity index (χ0n) is 21.6. The number of aliphatic carboxylic acids is 1. The first-order valence-corrected chi connectivity index (χ1v) is 13.4. The van der Waals surface area contributed by atoms with Gasteiger partial charge in [0.2, 0.25) is 5.91 Å². The number of carboxylic acid groups (broad SMARTS) is 1. The number of rotatable bonds is 12. The fraction of sp³-hybridized carbons (Fsp3) is 0.714. The summed E-state index contributed by atoms with van der Waals surface area (Å²) in [6.07, 6.45) is 11.5. The number of fused-ring (bicyclic) bond motifs is 2. The van der Waals surface area contributed by atoms with Crippen molar-refractivity contribution in [1.29, 1.82) is 0 Å². The summed E-state index contributed by atoms with van der Waals surface area (Å²) in [5.41, 5.74) is 1.45. The molecule has 190 valence electrons. The molecule has 0 heterocycles. The van der Waals surface area contributed by atoms with E-state index in [1.54, 1.807) is 6.92 Å². The zero-order valence-corrected chi connectivity index (χ0v) is 21.6. The Kier molecular flexibility index (Phi) is 9.81. The Labute approximate surface area is 206 Å². The van der Waals surface area contributed by atoms with Gasteiger partial charge in [-0.1, -0.05) is 51.7 Å². The largest absolute Gasteiger partial charge is 0.480 e. The molecule has 5 atom stereocenters. The predicted octanol–water partition coefficient (Wildman–Crippen LogP) is 5.77. The zero-order chi connectivity index (χ0) is 24.7. The Morgan fingerprint density at radius 2 is 1.79 bits per heavy atom. The van der Waals surface area contributed by atoms with Crippen molar-refractivity contribution in [2.24, 2.45) is 11.8 Å². The monoisotopic (exact) mass is 471 g/mol. The third kappa shape index (κ3) is 6.74. The van der Waals surface area contributed by atoms with Crippen molar-refractivity contribution in [3.63, 3.8) is 0 Å². The molecule has 2 fully saturated rings. The minimum absolute atomic E-state index is 0.0115. The topological polar surface area (TPSA) is 72.9 Å². The van der Waals surface area contributed by atoms with Gasteiger partial charge in [-0.15, -0.1) is 0 Å². The van der Waals surface area contributed by atoms with Gasteiger partial charge in [-0.05, 0) is 69.5 Å². The second-order valence-electron chi connectivity index (χ2n) is 10.5. The SMILES string of the molecule is CCC[C@H](C[C@@H](C)N(C(C)=O)c1ccccc1NCC(=O)O)N(CC)C1C[C@H]2CCC[C@@H](C1)C2. The van der Waals surface area contributed by atoms with Gasteiger partial charge in [0.25, 0.3) is 0 Å². The van der Waals surface area contributed by atoms with Gasteiger partial charge < -0.3 is 15.3 Å². The molecule has 1 aromatic rings. The molecule has 34 heavy (non-hydrogen) atoms. The fourth-order valence-electron chi connectivity index (χ4n) is 6.75. The van der Waals surface area contributed by atoms with Crippen LogP contribution in [0.5, 0.6) is 0 Å². The molecule has 0 radical (unpaired) electrons. The molecule has 2 saturated carbocycles. The van der Waals surface area contributed by atoms with E-state index >= 15 is 0 Å². The Morgan fingerprint density at radius 1 is 1.12 bits per heavy atom. The highest BCUT2D eigenvalue weighted by atomic mass is 16.4. The number of nitrogens with zero attached hydrogens (tertiary/aromatic N) is 2. The van der Waals surface area contributed by atoms with E-state index in [1.165, 1.54) is 38.5 Å².